The molecule has 0 bridgehead atoms. The van der Waals surface area contributed by atoms with Crippen LogP contribution in [0.5, 0.6) is 0 Å². The van der Waals surface area contributed by atoms with Gasteiger partial charge in [0, 0.05) is 32.3 Å². The lowest BCUT2D eigenvalue weighted by molar-refractivity contribution is 0.00265. The van der Waals surface area contributed by atoms with Crippen LogP contribution in [-0.4, -0.2) is 69.3 Å². The van der Waals surface area contributed by atoms with E-state index < -0.39 is 0 Å². The Morgan fingerprint density at radius 2 is 2.06 bits per heavy atom. The summed E-state index contributed by atoms with van der Waals surface area (Å²) in [5, 5.41) is 0. The first-order valence-corrected chi connectivity index (χ1v) is 6.82. The number of rotatable bonds is 4. The number of nitrogens with two attached hydrogens (primary N) is 1. The third-order valence-corrected chi connectivity index (χ3v) is 4.52. The Kier molecular flexibility index (Phi) is 4.42. The van der Waals surface area contributed by atoms with Gasteiger partial charge in [0.25, 0.3) is 0 Å². The van der Waals surface area contributed by atoms with Crippen LogP contribution in [0, 0.1) is 5.41 Å². The number of hydrogen-bond acceptors (Lipinski definition) is 4. The monoisotopic (exact) mass is 241 g/mol. The van der Waals surface area contributed by atoms with Gasteiger partial charge in [0.05, 0.1) is 0 Å². The zero-order valence-corrected chi connectivity index (χ0v) is 11.3. The maximum atomic E-state index is 6.02. The molecule has 0 aliphatic carbocycles. The lowest BCUT2D eigenvalue weighted by Crippen LogP contribution is -2.46. The van der Waals surface area contributed by atoms with Gasteiger partial charge in [0.2, 0.25) is 0 Å². The van der Waals surface area contributed by atoms with Crippen LogP contribution in [0.4, 0.5) is 0 Å². The smallest absolute Gasteiger partial charge is 0.0472 e. The van der Waals surface area contributed by atoms with Crippen LogP contribution < -0.4 is 5.73 Å². The third kappa shape index (κ3) is 3.19. The second-order valence-electron chi connectivity index (χ2n) is 5.96. The van der Waals surface area contributed by atoms with Gasteiger partial charge in [0.1, 0.15) is 0 Å². The van der Waals surface area contributed by atoms with E-state index >= 15 is 0 Å². The van der Waals surface area contributed by atoms with Crippen molar-refractivity contribution in [2.24, 2.45) is 11.1 Å². The fourth-order valence-corrected chi connectivity index (χ4v) is 3.08. The van der Waals surface area contributed by atoms with Crippen molar-refractivity contribution in [1.82, 2.24) is 9.80 Å². The molecule has 17 heavy (non-hydrogen) atoms. The van der Waals surface area contributed by atoms with Gasteiger partial charge in [-0.25, -0.2) is 0 Å². The van der Waals surface area contributed by atoms with Crippen LogP contribution in [0.15, 0.2) is 0 Å². The maximum Gasteiger partial charge on any atom is 0.0472 e. The highest BCUT2D eigenvalue weighted by Crippen LogP contribution is 2.31. The van der Waals surface area contributed by atoms with Crippen molar-refractivity contribution in [3.05, 3.63) is 0 Å². The molecule has 2 rings (SSSR count). The molecule has 4 nitrogen and oxygen atoms in total. The molecule has 0 aromatic rings. The van der Waals surface area contributed by atoms with Gasteiger partial charge < -0.3 is 20.3 Å². The van der Waals surface area contributed by atoms with Gasteiger partial charge in [-0.1, -0.05) is 0 Å². The Balaban J connectivity index is 1.87. The number of nitrogens with zero attached hydrogens (tertiary/aromatic N) is 2. The van der Waals surface area contributed by atoms with Crippen LogP contribution >= 0.6 is 0 Å². The minimum atomic E-state index is 0.319. The Hall–Kier alpha value is -0.160. The van der Waals surface area contributed by atoms with Gasteiger partial charge in [-0.3, -0.25) is 0 Å². The fourth-order valence-electron chi connectivity index (χ4n) is 3.08. The molecule has 0 saturated carbocycles. The average molecular weight is 241 g/mol. The van der Waals surface area contributed by atoms with E-state index in [4.69, 9.17) is 10.5 Å². The molecule has 2 aliphatic heterocycles. The minimum Gasteiger partial charge on any atom is -0.381 e. The summed E-state index contributed by atoms with van der Waals surface area (Å²) >= 11 is 0. The topological polar surface area (TPSA) is 41.7 Å². The Bertz CT molecular complexity index is 239. The second kappa shape index (κ2) is 5.65. The number of likely N-dealkylation sites (N-methyl/N-ethyl adjacent to an activating group) is 1. The van der Waals surface area contributed by atoms with E-state index in [0.29, 0.717) is 5.41 Å². The third-order valence-electron chi connectivity index (χ3n) is 4.52. The lowest BCUT2D eigenvalue weighted by atomic mass is 9.80. The summed E-state index contributed by atoms with van der Waals surface area (Å²) in [5.41, 5.74) is 6.34. The molecule has 2 aliphatic rings. The van der Waals surface area contributed by atoms with Gasteiger partial charge in [-0.05, 0) is 51.9 Å². The summed E-state index contributed by atoms with van der Waals surface area (Å²) < 4.78 is 5.47. The van der Waals surface area contributed by atoms with Crippen molar-refractivity contribution in [2.75, 3.05) is 53.5 Å². The van der Waals surface area contributed by atoms with Crippen molar-refractivity contribution in [3.63, 3.8) is 0 Å². The van der Waals surface area contributed by atoms with Gasteiger partial charge >= 0.3 is 0 Å². The molecule has 2 N–H and O–H groups in total. The van der Waals surface area contributed by atoms with Crippen LogP contribution in [0.25, 0.3) is 0 Å². The molecule has 2 heterocycles. The predicted octanol–water partition coefficient (Wildman–Crippen LogP) is 0.378. The van der Waals surface area contributed by atoms with Crippen molar-refractivity contribution < 1.29 is 4.74 Å². The molecule has 1 unspecified atom stereocenters. The summed E-state index contributed by atoms with van der Waals surface area (Å²) in [6.45, 7) is 6.18. The molecular weight excluding hydrogens is 214 g/mol. The summed E-state index contributed by atoms with van der Waals surface area (Å²) in [6.07, 6.45) is 3.56. The molecule has 4 heteroatoms. The zero-order chi connectivity index (χ0) is 12.3. The molecule has 0 spiro atoms. The van der Waals surface area contributed by atoms with Gasteiger partial charge in [-0.15, -0.1) is 0 Å². The standard InChI is InChI=1S/C13H27N3O/c1-15(2)12-3-6-16(9-12)11-13(10-14)4-7-17-8-5-13/h12H,3-11,14H2,1-2H3. The van der Waals surface area contributed by atoms with E-state index in [2.05, 4.69) is 23.9 Å². The molecule has 0 aromatic carbocycles. The van der Waals surface area contributed by atoms with Crippen molar-refractivity contribution in [3.8, 4) is 0 Å². The summed E-state index contributed by atoms with van der Waals surface area (Å²) in [6, 6.07) is 0.727. The highest BCUT2D eigenvalue weighted by Gasteiger charge is 2.35. The second-order valence-corrected chi connectivity index (χ2v) is 5.96. The molecule has 0 radical (unpaired) electrons. The van der Waals surface area contributed by atoms with Gasteiger partial charge in [0.15, 0.2) is 0 Å². The first kappa shape index (κ1) is 13.3. The Labute approximate surface area is 105 Å². The highest BCUT2D eigenvalue weighted by molar-refractivity contribution is 4.90. The van der Waals surface area contributed by atoms with Crippen molar-refractivity contribution in [2.45, 2.75) is 25.3 Å². The molecule has 100 valence electrons. The zero-order valence-electron chi connectivity index (χ0n) is 11.3. The molecule has 0 aromatic heterocycles. The number of ether oxygens (including phenoxy) is 1. The van der Waals surface area contributed by atoms with E-state index in [1.807, 2.05) is 0 Å². The molecule has 2 fully saturated rings. The summed E-state index contributed by atoms with van der Waals surface area (Å²) in [5.74, 6) is 0. The minimum absolute atomic E-state index is 0.319. The van der Waals surface area contributed by atoms with Crippen LogP contribution in [-0.2, 0) is 4.74 Å². The number of hydrogen-bond donors (Lipinski definition) is 1. The SMILES string of the molecule is CN(C)C1CCN(CC2(CN)CCOCC2)C1. The van der Waals surface area contributed by atoms with E-state index in [1.165, 1.54) is 19.5 Å². The molecule has 2 saturated heterocycles. The maximum absolute atomic E-state index is 6.02. The first-order chi connectivity index (χ1) is 8.15. The normalized spacial score (nSPS) is 30.0. The van der Waals surface area contributed by atoms with Crippen molar-refractivity contribution >= 4 is 0 Å². The van der Waals surface area contributed by atoms with Crippen LogP contribution in [0.3, 0.4) is 0 Å². The average Bonchev–Trinajstić information content (AvgIpc) is 2.79. The van der Waals surface area contributed by atoms with Crippen LogP contribution in [0.1, 0.15) is 19.3 Å². The molecule has 1 atom stereocenters. The Morgan fingerprint density at radius 1 is 1.35 bits per heavy atom. The fraction of sp³-hybridized carbons (Fsp3) is 1.00. The lowest BCUT2D eigenvalue weighted by Gasteiger charge is -2.39. The van der Waals surface area contributed by atoms with Gasteiger partial charge in [-0.2, -0.15) is 0 Å². The van der Waals surface area contributed by atoms with Crippen LogP contribution in [0.2, 0.25) is 0 Å². The molecule has 0 amide bonds. The number of likely N-dealkylation sites (tertiary alicyclic amines) is 1. The first-order valence-electron chi connectivity index (χ1n) is 6.82. The highest BCUT2D eigenvalue weighted by atomic mass is 16.5. The largest absolute Gasteiger partial charge is 0.381 e. The predicted molar refractivity (Wildman–Crippen MR) is 70.1 cm³/mol. The quantitative estimate of drug-likeness (QED) is 0.772. The van der Waals surface area contributed by atoms with E-state index in [-0.39, 0.29) is 0 Å². The van der Waals surface area contributed by atoms with Crippen molar-refractivity contribution in [1.29, 1.82) is 0 Å². The summed E-state index contributed by atoms with van der Waals surface area (Å²) in [4.78, 5) is 4.95. The van der Waals surface area contributed by atoms with E-state index in [1.54, 1.807) is 0 Å². The Morgan fingerprint density at radius 3 is 2.59 bits per heavy atom. The molecular formula is C13H27N3O. The van der Waals surface area contributed by atoms with E-state index in [0.717, 1.165) is 45.2 Å². The van der Waals surface area contributed by atoms with E-state index in [9.17, 15) is 0 Å². The summed E-state index contributed by atoms with van der Waals surface area (Å²) in [7, 11) is 4.36.